The van der Waals surface area contributed by atoms with Crippen LogP contribution >= 0.6 is 11.3 Å². The molecule has 0 atom stereocenters. The van der Waals surface area contributed by atoms with E-state index in [1.165, 1.54) is 17.4 Å². The summed E-state index contributed by atoms with van der Waals surface area (Å²) < 4.78 is 4.96. The van der Waals surface area contributed by atoms with Crippen molar-refractivity contribution >= 4 is 11.3 Å². The fraction of sp³-hybridized carbons (Fsp3) is 0.111. The summed E-state index contributed by atoms with van der Waals surface area (Å²) in [5, 5.41) is 2.43. The van der Waals surface area contributed by atoms with E-state index < -0.39 is 0 Å². The number of nitrogens with zero attached hydrogens (tertiary/aromatic N) is 1. The lowest BCUT2D eigenvalue weighted by Crippen LogP contribution is -2.03. The lowest BCUT2D eigenvalue weighted by molar-refractivity contribution is 0.412. The molecule has 0 aliphatic carbocycles. The standard InChI is InChI=1S/C9H8N2O2S/c1-13-9-11-7(5-14-9)6-3-2-4-8(12)10-6/h2-5H,1H3,(H,10,12). The van der Waals surface area contributed by atoms with Crippen LogP contribution in [0.1, 0.15) is 0 Å². The Bertz CT molecular complexity index is 489. The van der Waals surface area contributed by atoms with Crippen LogP contribution < -0.4 is 10.3 Å². The number of aromatic amines is 1. The molecule has 0 bridgehead atoms. The number of H-pyrrole nitrogens is 1. The van der Waals surface area contributed by atoms with E-state index >= 15 is 0 Å². The van der Waals surface area contributed by atoms with Crippen molar-refractivity contribution in [2.24, 2.45) is 0 Å². The first-order valence-corrected chi connectivity index (χ1v) is 4.87. The zero-order chi connectivity index (χ0) is 9.97. The second kappa shape index (κ2) is 3.63. The van der Waals surface area contributed by atoms with E-state index in [-0.39, 0.29) is 5.56 Å². The Morgan fingerprint density at radius 1 is 1.50 bits per heavy atom. The van der Waals surface area contributed by atoms with E-state index in [1.807, 2.05) is 5.38 Å². The molecule has 0 aromatic carbocycles. The molecule has 4 nitrogen and oxygen atoms in total. The molecular weight excluding hydrogens is 200 g/mol. The number of pyridine rings is 1. The van der Waals surface area contributed by atoms with Crippen molar-refractivity contribution < 1.29 is 4.74 Å². The van der Waals surface area contributed by atoms with E-state index in [1.54, 1.807) is 19.2 Å². The van der Waals surface area contributed by atoms with E-state index in [2.05, 4.69) is 9.97 Å². The molecule has 0 saturated carbocycles. The maximum atomic E-state index is 11.0. The van der Waals surface area contributed by atoms with Crippen molar-refractivity contribution in [2.45, 2.75) is 0 Å². The molecule has 0 aliphatic rings. The predicted octanol–water partition coefficient (Wildman–Crippen LogP) is 1.51. The monoisotopic (exact) mass is 208 g/mol. The van der Waals surface area contributed by atoms with Gasteiger partial charge in [0, 0.05) is 11.4 Å². The van der Waals surface area contributed by atoms with Crippen LogP contribution in [0.5, 0.6) is 5.19 Å². The van der Waals surface area contributed by atoms with E-state index in [9.17, 15) is 4.79 Å². The van der Waals surface area contributed by atoms with Crippen molar-refractivity contribution in [1.29, 1.82) is 0 Å². The maximum absolute atomic E-state index is 11.0. The largest absolute Gasteiger partial charge is 0.473 e. The first-order valence-electron chi connectivity index (χ1n) is 3.99. The van der Waals surface area contributed by atoms with Crippen LogP contribution in [0.2, 0.25) is 0 Å². The van der Waals surface area contributed by atoms with Gasteiger partial charge in [0.15, 0.2) is 0 Å². The van der Waals surface area contributed by atoms with Gasteiger partial charge in [0.05, 0.1) is 12.8 Å². The highest BCUT2D eigenvalue weighted by Gasteiger charge is 2.04. The smallest absolute Gasteiger partial charge is 0.273 e. The van der Waals surface area contributed by atoms with Crippen molar-refractivity contribution in [2.75, 3.05) is 7.11 Å². The Kier molecular flexibility index (Phi) is 2.32. The molecule has 0 aliphatic heterocycles. The average molecular weight is 208 g/mol. The van der Waals surface area contributed by atoms with Crippen LogP contribution in [-0.2, 0) is 0 Å². The second-order valence-electron chi connectivity index (χ2n) is 2.63. The second-order valence-corrected chi connectivity index (χ2v) is 3.45. The van der Waals surface area contributed by atoms with Crippen molar-refractivity contribution in [3.8, 4) is 16.6 Å². The van der Waals surface area contributed by atoms with Crippen molar-refractivity contribution in [3.05, 3.63) is 33.9 Å². The van der Waals surface area contributed by atoms with Crippen molar-refractivity contribution in [3.63, 3.8) is 0 Å². The van der Waals surface area contributed by atoms with Crippen LogP contribution in [0.25, 0.3) is 11.4 Å². The minimum absolute atomic E-state index is 0.130. The van der Waals surface area contributed by atoms with Gasteiger partial charge in [-0.3, -0.25) is 4.79 Å². The normalized spacial score (nSPS) is 10.1. The summed E-state index contributed by atoms with van der Waals surface area (Å²) in [5.41, 5.74) is 1.30. The molecule has 2 rings (SSSR count). The fourth-order valence-electron chi connectivity index (χ4n) is 1.07. The SMILES string of the molecule is COc1nc(-c2cccc(=O)[nH]2)cs1. The summed E-state index contributed by atoms with van der Waals surface area (Å²) in [6.45, 7) is 0. The molecule has 0 amide bonds. The Labute approximate surface area is 84.2 Å². The molecular formula is C9H8N2O2S. The molecule has 0 unspecified atom stereocenters. The number of nitrogens with one attached hydrogen (secondary N) is 1. The van der Waals surface area contributed by atoms with E-state index in [0.717, 1.165) is 5.69 Å². The molecule has 2 heterocycles. The minimum atomic E-state index is -0.130. The molecule has 0 fully saturated rings. The lowest BCUT2D eigenvalue weighted by atomic mass is 10.3. The maximum Gasteiger partial charge on any atom is 0.273 e. The van der Waals surface area contributed by atoms with E-state index in [0.29, 0.717) is 10.9 Å². The van der Waals surface area contributed by atoms with Gasteiger partial charge in [-0.1, -0.05) is 17.4 Å². The number of hydrogen-bond acceptors (Lipinski definition) is 4. The third-order valence-electron chi connectivity index (χ3n) is 1.70. The van der Waals surface area contributed by atoms with Gasteiger partial charge in [-0.25, -0.2) is 4.98 Å². The molecule has 0 spiro atoms. The third kappa shape index (κ3) is 1.67. The zero-order valence-electron chi connectivity index (χ0n) is 7.48. The van der Waals surface area contributed by atoms with Gasteiger partial charge in [-0.2, -0.15) is 0 Å². The first-order chi connectivity index (χ1) is 6.79. The van der Waals surface area contributed by atoms with Crippen LogP contribution in [0.15, 0.2) is 28.4 Å². The quantitative estimate of drug-likeness (QED) is 0.813. The van der Waals surface area contributed by atoms with Crippen LogP contribution in [0.3, 0.4) is 0 Å². The summed E-state index contributed by atoms with van der Waals surface area (Å²) in [6.07, 6.45) is 0. The Balaban J connectivity index is 2.44. The molecule has 0 radical (unpaired) electrons. The number of thiazole rings is 1. The zero-order valence-corrected chi connectivity index (χ0v) is 8.30. The van der Waals surface area contributed by atoms with Crippen LogP contribution in [0, 0.1) is 0 Å². The van der Waals surface area contributed by atoms with Gasteiger partial charge in [0.25, 0.3) is 5.19 Å². The van der Waals surface area contributed by atoms with Crippen molar-refractivity contribution in [1.82, 2.24) is 9.97 Å². The molecule has 2 aromatic rings. The molecule has 2 aromatic heterocycles. The highest BCUT2D eigenvalue weighted by molar-refractivity contribution is 7.11. The lowest BCUT2D eigenvalue weighted by Gasteiger charge is -1.94. The number of aromatic nitrogens is 2. The molecule has 14 heavy (non-hydrogen) atoms. The molecule has 72 valence electrons. The third-order valence-corrected chi connectivity index (χ3v) is 2.50. The van der Waals surface area contributed by atoms with Gasteiger partial charge in [0.2, 0.25) is 5.56 Å². The Hall–Kier alpha value is -1.62. The topological polar surface area (TPSA) is 55.0 Å². The Morgan fingerprint density at radius 2 is 2.36 bits per heavy atom. The molecule has 5 heteroatoms. The van der Waals surface area contributed by atoms with Gasteiger partial charge < -0.3 is 9.72 Å². The Morgan fingerprint density at radius 3 is 3.00 bits per heavy atom. The molecule has 1 N–H and O–H groups in total. The minimum Gasteiger partial charge on any atom is -0.473 e. The highest BCUT2D eigenvalue weighted by Crippen LogP contribution is 2.23. The first kappa shape index (κ1) is 8.96. The number of methoxy groups -OCH3 is 1. The molecule has 0 saturated heterocycles. The van der Waals surface area contributed by atoms with Gasteiger partial charge >= 0.3 is 0 Å². The summed E-state index contributed by atoms with van der Waals surface area (Å²) in [4.78, 5) is 17.9. The number of rotatable bonds is 2. The van der Waals surface area contributed by atoms with Gasteiger partial charge in [-0.15, -0.1) is 0 Å². The number of ether oxygens (including phenoxy) is 1. The predicted molar refractivity (Wildman–Crippen MR) is 54.7 cm³/mol. The number of hydrogen-bond donors (Lipinski definition) is 1. The summed E-state index contributed by atoms with van der Waals surface area (Å²) in [7, 11) is 1.57. The summed E-state index contributed by atoms with van der Waals surface area (Å²) in [5.74, 6) is 0. The van der Waals surface area contributed by atoms with Gasteiger partial charge in [0.1, 0.15) is 5.69 Å². The summed E-state index contributed by atoms with van der Waals surface area (Å²) >= 11 is 1.39. The van der Waals surface area contributed by atoms with E-state index in [4.69, 9.17) is 4.74 Å². The fourth-order valence-corrected chi connectivity index (χ4v) is 1.71. The highest BCUT2D eigenvalue weighted by atomic mass is 32.1. The van der Waals surface area contributed by atoms with Gasteiger partial charge in [-0.05, 0) is 6.07 Å². The summed E-state index contributed by atoms with van der Waals surface area (Å²) in [6, 6.07) is 4.96. The average Bonchev–Trinajstić information content (AvgIpc) is 2.66. The van der Waals surface area contributed by atoms with Crippen LogP contribution in [0.4, 0.5) is 0 Å². The van der Waals surface area contributed by atoms with Crippen LogP contribution in [-0.4, -0.2) is 17.1 Å².